The minimum atomic E-state index is -3.51. The van der Waals surface area contributed by atoms with Crippen molar-refractivity contribution in [2.75, 3.05) is 26.2 Å². The Labute approximate surface area is 139 Å². The van der Waals surface area contributed by atoms with Crippen molar-refractivity contribution in [3.63, 3.8) is 0 Å². The van der Waals surface area contributed by atoms with E-state index in [4.69, 9.17) is 11.6 Å². The SMILES string of the molecule is C/C=C/C=C/C(=O)N1CCN(S(=O)(=O)c2ccc(Cl)s2)CC1. The van der Waals surface area contributed by atoms with Gasteiger partial charge >= 0.3 is 0 Å². The number of hydrogen-bond donors (Lipinski definition) is 0. The average molecular weight is 361 g/mol. The summed E-state index contributed by atoms with van der Waals surface area (Å²) in [6, 6.07) is 3.09. The Bertz CT molecular complexity index is 687. The number of rotatable bonds is 4. The summed E-state index contributed by atoms with van der Waals surface area (Å²) in [6.07, 6.45) is 6.78. The molecule has 0 spiro atoms. The van der Waals surface area contributed by atoms with Crippen LogP contribution in [-0.2, 0) is 14.8 Å². The molecule has 2 heterocycles. The van der Waals surface area contributed by atoms with Crippen LogP contribution in [0.5, 0.6) is 0 Å². The molecule has 1 aromatic heterocycles. The van der Waals surface area contributed by atoms with Gasteiger partial charge in [-0.05, 0) is 19.1 Å². The zero-order valence-electron chi connectivity index (χ0n) is 12.1. The fourth-order valence-electron chi connectivity index (χ4n) is 2.07. The summed E-state index contributed by atoms with van der Waals surface area (Å²) in [6.45, 7) is 3.23. The van der Waals surface area contributed by atoms with Crippen LogP contribution in [0.3, 0.4) is 0 Å². The third-order valence-corrected chi connectivity index (χ3v) is 6.83. The summed E-state index contributed by atoms with van der Waals surface area (Å²) < 4.78 is 27.0. The highest BCUT2D eigenvalue weighted by Crippen LogP contribution is 2.28. The Kier molecular flexibility index (Phi) is 5.80. The molecule has 22 heavy (non-hydrogen) atoms. The van der Waals surface area contributed by atoms with Gasteiger partial charge in [-0.15, -0.1) is 11.3 Å². The normalized spacial score (nSPS) is 17.6. The van der Waals surface area contributed by atoms with Gasteiger partial charge in [-0.2, -0.15) is 4.31 Å². The summed E-state index contributed by atoms with van der Waals surface area (Å²) in [5.74, 6) is -0.102. The van der Waals surface area contributed by atoms with Gasteiger partial charge in [0.15, 0.2) is 0 Å². The van der Waals surface area contributed by atoms with Crippen molar-refractivity contribution in [3.8, 4) is 0 Å². The van der Waals surface area contributed by atoms with Gasteiger partial charge in [0.1, 0.15) is 4.21 Å². The molecule has 1 aliphatic heterocycles. The van der Waals surface area contributed by atoms with E-state index in [2.05, 4.69) is 0 Å². The lowest BCUT2D eigenvalue weighted by atomic mass is 10.3. The van der Waals surface area contributed by atoms with Crippen molar-refractivity contribution >= 4 is 38.9 Å². The zero-order chi connectivity index (χ0) is 16.2. The quantitative estimate of drug-likeness (QED) is 0.611. The maximum atomic E-state index is 12.4. The minimum absolute atomic E-state index is 0.102. The first kappa shape index (κ1) is 17.2. The highest BCUT2D eigenvalue weighted by Gasteiger charge is 2.30. The van der Waals surface area contributed by atoms with Crippen LogP contribution in [0.2, 0.25) is 4.34 Å². The number of sulfonamides is 1. The van der Waals surface area contributed by atoms with Crippen LogP contribution < -0.4 is 0 Å². The number of amides is 1. The monoisotopic (exact) mass is 360 g/mol. The molecule has 0 radical (unpaired) electrons. The molecule has 8 heteroatoms. The van der Waals surface area contributed by atoms with E-state index in [0.29, 0.717) is 30.5 Å². The molecule has 1 aliphatic rings. The van der Waals surface area contributed by atoms with Crippen LogP contribution in [-0.4, -0.2) is 49.7 Å². The Morgan fingerprint density at radius 3 is 2.45 bits per heavy atom. The van der Waals surface area contributed by atoms with Gasteiger partial charge < -0.3 is 4.90 Å². The van der Waals surface area contributed by atoms with E-state index in [1.54, 1.807) is 23.1 Å². The maximum absolute atomic E-state index is 12.4. The van der Waals surface area contributed by atoms with Gasteiger partial charge in [0.05, 0.1) is 4.34 Å². The summed E-state index contributed by atoms with van der Waals surface area (Å²) in [7, 11) is -3.51. The van der Waals surface area contributed by atoms with Gasteiger partial charge in [-0.1, -0.05) is 29.8 Å². The highest BCUT2D eigenvalue weighted by molar-refractivity contribution is 7.91. The van der Waals surface area contributed by atoms with Crippen LogP contribution in [0.4, 0.5) is 0 Å². The fourth-order valence-corrected chi connectivity index (χ4v) is 5.13. The van der Waals surface area contributed by atoms with Crippen molar-refractivity contribution in [2.45, 2.75) is 11.1 Å². The number of piperazine rings is 1. The number of carbonyl (C=O) groups is 1. The Balaban J connectivity index is 1.99. The number of allylic oxidation sites excluding steroid dienone is 3. The predicted molar refractivity (Wildman–Crippen MR) is 88.6 cm³/mol. The Morgan fingerprint density at radius 2 is 1.91 bits per heavy atom. The van der Waals surface area contributed by atoms with Crippen LogP contribution in [0.15, 0.2) is 40.6 Å². The lowest BCUT2D eigenvalue weighted by molar-refractivity contribution is -0.127. The number of nitrogens with zero attached hydrogens (tertiary/aromatic N) is 2. The van der Waals surface area contributed by atoms with Crippen LogP contribution in [0.25, 0.3) is 0 Å². The van der Waals surface area contributed by atoms with Crippen LogP contribution in [0.1, 0.15) is 6.92 Å². The molecule has 1 aromatic rings. The molecule has 0 aromatic carbocycles. The molecule has 0 unspecified atom stereocenters. The second-order valence-corrected chi connectivity index (χ2v) is 8.55. The minimum Gasteiger partial charge on any atom is -0.337 e. The summed E-state index contributed by atoms with van der Waals surface area (Å²) in [5, 5.41) is 0. The maximum Gasteiger partial charge on any atom is 0.252 e. The van der Waals surface area contributed by atoms with Crippen molar-refractivity contribution in [2.24, 2.45) is 0 Å². The molecule has 1 amide bonds. The second-order valence-electron chi connectivity index (χ2n) is 4.67. The molecular formula is C14H17ClN2O3S2. The van der Waals surface area contributed by atoms with Gasteiger partial charge in [-0.3, -0.25) is 4.79 Å². The third-order valence-electron chi connectivity index (χ3n) is 3.24. The smallest absolute Gasteiger partial charge is 0.252 e. The first-order chi connectivity index (χ1) is 10.4. The fraction of sp³-hybridized carbons (Fsp3) is 0.357. The Hall–Kier alpha value is -1.15. The first-order valence-corrected chi connectivity index (χ1v) is 9.42. The standard InChI is InChI=1S/C14H17ClN2O3S2/c1-2-3-4-5-13(18)16-8-10-17(11-9-16)22(19,20)14-7-6-12(15)21-14/h2-7H,8-11H2,1H3/b3-2+,5-4+. The topological polar surface area (TPSA) is 57.7 Å². The molecule has 0 atom stereocenters. The molecule has 1 fully saturated rings. The Morgan fingerprint density at radius 1 is 1.23 bits per heavy atom. The summed E-state index contributed by atoms with van der Waals surface area (Å²) >= 11 is 6.85. The molecule has 0 N–H and O–H groups in total. The molecule has 1 saturated heterocycles. The van der Waals surface area contributed by atoms with Crippen LogP contribution >= 0.6 is 22.9 Å². The summed E-state index contributed by atoms with van der Waals surface area (Å²) in [5.41, 5.74) is 0. The van der Waals surface area contributed by atoms with Gasteiger partial charge in [0, 0.05) is 32.3 Å². The number of halogens is 1. The molecule has 0 saturated carbocycles. The van der Waals surface area contributed by atoms with Crippen molar-refractivity contribution in [1.29, 1.82) is 0 Å². The van der Waals surface area contributed by atoms with E-state index in [1.807, 2.05) is 13.0 Å². The van der Waals surface area contributed by atoms with E-state index in [9.17, 15) is 13.2 Å². The molecule has 120 valence electrons. The van der Waals surface area contributed by atoms with Crippen molar-refractivity contribution < 1.29 is 13.2 Å². The zero-order valence-corrected chi connectivity index (χ0v) is 14.5. The first-order valence-electron chi connectivity index (χ1n) is 6.79. The van der Waals surface area contributed by atoms with Crippen LogP contribution in [0, 0.1) is 0 Å². The number of hydrogen-bond acceptors (Lipinski definition) is 4. The third kappa shape index (κ3) is 3.98. The van der Waals surface area contributed by atoms with E-state index in [-0.39, 0.29) is 10.1 Å². The van der Waals surface area contributed by atoms with E-state index in [0.717, 1.165) is 11.3 Å². The lowest BCUT2D eigenvalue weighted by Gasteiger charge is -2.33. The highest BCUT2D eigenvalue weighted by atomic mass is 35.5. The lowest BCUT2D eigenvalue weighted by Crippen LogP contribution is -2.50. The number of thiophene rings is 1. The molecule has 0 aliphatic carbocycles. The second kappa shape index (κ2) is 7.41. The van der Waals surface area contributed by atoms with E-state index < -0.39 is 10.0 Å². The number of carbonyl (C=O) groups excluding carboxylic acids is 1. The largest absolute Gasteiger partial charge is 0.337 e. The van der Waals surface area contributed by atoms with E-state index >= 15 is 0 Å². The molecule has 0 bridgehead atoms. The molecular weight excluding hydrogens is 344 g/mol. The van der Waals surface area contributed by atoms with Crippen molar-refractivity contribution in [1.82, 2.24) is 9.21 Å². The molecule has 2 rings (SSSR count). The summed E-state index contributed by atoms with van der Waals surface area (Å²) in [4.78, 5) is 13.6. The molecule has 5 nitrogen and oxygen atoms in total. The van der Waals surface area contributed by atoms with Crippen molar-refractivity contribution in [3.05, 3.63) is 40.8 Å². The van der Waals surface area contributed by atoms with Gasteiger partial charge in [0.25, 0.3) is 10.0 Å². The average Bonchev–Trinajstić information content (AvgIpc) is 2.95. The predicted octanol–water partition coefficient (Wildman–Crippen LogP) is 2.37. The van der Waals surface area contributed by atoms with Gasteiger partial charge in [0.2, 0.25) is 5.91 Å². The van der Waals surface area contributed by atoms with E-state index in [1.165, 1.54) is 16.4 Å². The van der Waals surface area contributed by atoms with Gasteiger partial charge in [-0.25, -0.2) is 8.42 Å².